The first kappa shape index (κ1) is 13.8. The minimum Gasteiger partial charge on any atom is -0.478 e. The quantitative estimate of drug-likeness (QED) is 0.920. The molecule has 19 heavy (non-hydrogen) atoms. The van der Waals surface area contributed by atoms with Crippen molar-refractivity contribution in [2.45, 2.75) is 11.3 Å². The van der Waals surface area contributed by atoms with E-state index in [0.29, 0.717) is 6.42 Å². The third-order valence-electron chi connectivity index (χ3n) is 2.65. The number of sulfone groups is 1. The first-order chi connectivity index (χ1) is 9.00. The maximum Gasteiger partial charge on any atom is 0.337 e. The number of carboxylic acid groups (broad SMARTS) is 1. The summed E-state index contributed by atoms with van der Waals surface area (Å²) in [6, 6.07) is 9.42. The molecule has 0 aliphatic rings. The van der Waals surface area contributed by atoms with Gasteiger partial charge in [-0.1, -0.05) is 18.2 Å². The van der Waals surface area contributed by atoms with Crippen molar-refractivity contribution in [1.82, 2.24) is 0 Å². The SMILES string of the molecule is O=C(O)c1ccccc1S(=O)(=O)CCc1cccs1. The molecular weight excluding hydrogens is 284 g/mol. The largest absolute Gasteiger partial charge is 0.478 e. The van der Waals surface area contributed by atoms with Gasteiger partial charge in [0.25, 0.3) is 0 Å². The molecule has 0 aliphatic carbocycles. The fourth-order valence-electron chi connectivity index (χ4n) is 1.71. The molecule has 0 fully saturated rings. The van der Waals surface area contributed by atoms with Crippen LogP contribution in [0.15, 0.2) is 46.7 Å². The number of benzene rings is 1. The van der Waals surface area contributed by atoms with E-state index in [9.17, 15) is 13.2 Å². The molecule has 0 amide bonds. The van der Waals surface area contributed by atoms with Crippen molar-refractivity contribution in [2.75, 3.05) is 5.75 Å². The van der Waals surface area contributed by atoms with E-state index in [4.69, 9.17) is 5.11 Å². The van der Waals surface area contributed by atoms with Crippen molar-refractivity contribution in [3.05, 3.63) is 52.2 Å². The van der Waals surface area contributed by atoms with E-state index in [2.05, 4.69) is 0 Å². The highest BCUT2D eigenvalue weighted by molar-refractivity contribution is 7.91. The molecule has 1 aromatic heterocycles. The molecule has 2 aromatic rings. The minimum atomic E-state index is -3.59. The third-order valence-corrected chi connectivity index (χ3v) is 5.35. The Morgan fingerprint density at radius 3 is 2.53 bits per heavy atom. The highest BCUT2D eigenvalue weighted by atomic mass is 32.2. The van der Waals surface area contributed by atoms with Gasteiger partial charge in [-0.2, -0.15) is 0 Å². The topological polar surface area (TPSA) is 71.4 Å². The van der Waals surface area contributed by atoms with Crippen LogP contribution in [0.3, 0.4) is 0 Å². The monoisotopic (exact) mass is 296 g/mol. The number of rotatable bonds is 5. The number of hydrogen-bond acceptors (Lipinski definition) is 4. The van der Waals surface area contributed by atoms with Crippen LogP contribution in [0, 0.1) is 0 Å². The number of aromatic carboxylic acids is 1. The molecule has 0 unspecified atom stereocenters. The molecule has 6 heteroatoms. The third kappa shape index (κ3) is 3.21. The smallest absolute Gasteiger partial charge is 0.337 e. The molecule has 0 spiro atoms. The highest BCUT2D eigenvalue weighted by Gasteiger charge is 2.21. The van der Waals surface area contributed by atoms with E-state index >= 15 is 0 Å². The molecular formula is C13H12O4S2. The van der Waals surface area contributed by atoms with Crippen LogP contribution in [0.1, 0.15) is 15.2 Å². The van der Waals surface area contributed by atoms with Gasteiger partial charge in [0.1, 0.15) is 0 Å². The summed E-state index contributed by atoms with van der Waals surface area (Å²) in [6.07, 6.45) is 0.397. The second-order valence-electron chi connectivity index (χ2n) is 3.95. The number of carbonyl (C=O) groups is 1. The Balaban J connectivity index is 2.27. The van der Waals surface area contributed by atoms with Crippen LogP contribution in [0.2, 0.25) is 0 Å². The van der Waals surface area contributed by atoms with Gasteiger partial charge in [0.15, 0.2) is 9.84 Å². The van der Waals surface area contributed by atoms with E-state index in [1.165, 1.54) is 35.6 Å². The molecule has 4 nitrogen and oxygen atoms in total. The van der Waals surface area contributed by atoms with Gasteiger partial charge in [0.2, 0.25) is 0 Å². The summed E-state index contributed by atoms with van der Waals surface area (Å²) in [6.45, 7) is 0. The van der Waals surface area contributed by atoms with Crippen molar-refractivity contribution < 1.29 is 18.3 Å². The van der Waals surface area contributed by atoms with Gasteiger partial charge in [-0.3, -0.25) is 0 Å². The summed E-state index contributed by atoms with van der Waals surface area (Å²) in [7, 11) is -3.59. The van der Waals surface area contributed by atoms with Crippen LogP contribution >= 0.6 is 11.3 Å². The van der Waals surface area contributed by atoms with Gasteiger partial charge >= 0.3 is 5.97 Å². The summed E-state index contributed by atoms with van der Waals surface area (Å²) < 4.78 is 24.4. The fraction of sp³-hybridized carbons (Fsp3) is 0.154. The van der Waals surface area contributed by atoms with Crippen LogP contribution < -0.4 is 0 Å². The summed E-state index contributed by atoms with van der Waals surface area (Å²) in [5.41, 5.74) is -0.173. The first-order valence-electron chi connectivity index (χ1n) is 5.58. The lowest BCUT2D eigenvalue weighted by Gasteiger charge is -2.06. The van der Waals surface area contributed by atoms with Crippen LogP contribution in [0.5, 0.6) is 0 Å². The first-order valence-corrected chi connectivity index (χ1v) is 8.11. The number of hydrogen-bond donors (Lipinski definition) is 1. The van der Waals surface area contributed by atoms with Gasteiger partial charge in [-0.15, -0.1) is 11.3 Å². The maximum absolute atomic E-state index is 12.2. The van der Waals surface area contributed by atoms with E-state index in [1.54, 1.807) is 0 Å². The van der Waals surface area contributed by atoms with Gasteiger partial charge < -0.3 is 5.11 Å². The normalized spacial score (nSPS) is 11.4. The molecule has 0 saturated carbocycles. The summed E-state index contributed by atoms with van der Waals surface area (Å²) >= 11 is 1.49. The second kappa shape index (κ2) is 5.54. The van der Waals surface area contributed by atoms with Crippen molar-refractivity contribution in [2.24, 2.45) is 0 Å². The van der Waals surface area contributed by atoms with Gasteiger partial charge in [0, 0.05) is 4.88 Å². The van der Waals surface area contributed by atoms with Crippen molar-refractivity contribution in [3.63, 3.8) is 0 Å². The summed E-state index contributed by atoms with van der Waals surface area (Å²) in [5, 5.41) is 10.9. The zero-order chi connectivity index (χ0) is 13.9. The van der Waals surface area contributed by atoms with Gasteiger partial charge in [0.05, 0.1) is 16.2 Å². The summed E-state index contributed by atoms with van der Waals surface area (Å²) in [4.78, 5) is 11.9. The molecule has 0 radical (unpaired) electrons. The van der Waals surface area contributed by atoms with E-state index in [0.717, 1.165) is 4.88 Å². The lowest BCUT2D eigenvalue weighted by Crippen LogP contribution is -2.13. The van der Waals surface area contributed by atoms with Crippen molar-refractivity contribution in [1.29, 1.82) is 0 Å². The Morgan fingerprint density at radius 2 is 1.89 bits per heavy atom. The standard InChI is InChI=1S/C13H12O4S2/c14-13(15)11-5-1-2-6-12(11)19(16,17)9-7-10-4-3-8-18-10/h1-6,8H,7,9H2,(H,14,15). The Labute approximate surface area is 115 Å². The predicted molar refractivity (Wildman–Crippen MR) is 73.5 cm³/mol. The van der Waals surface area contributed by atoms with E-state index < -0.39 is 15.8 Å². The zero-order valence-electron chi connectivity index (χ0n) is 9.94. The van der Waals surface area contributed by atoms with Crippen LogP contribution in [0.25, 0.3) is 0 Å². The van der Waals surface area contributed by atoms with Crippen LogP contribution in [-0.4, -0.2) is 25.2 Å². The summed E-state index contributed by atoms with van der Waals surface area (Å²) in [5.74, 6) is -1.31. The molecule has 0 saturated heterocycles. The Bertz CT molecular complexity index is 672. The van der Waals surface area contributed by atoms with Crippen LogP contribution in [-0.2, 0) is 16.3 Å². The number of carboxylic acids is 1. The zero-order valence-corrected chi connectivity index (χ0v) is 11.6. The molecule has 2 rings (SSSR count). The molecule has 1 aromatic carbocycles. The van der Waals surface area contributed by atoms with Crippen molar-refractivity contribution >= 4 is 27.1 Å². The molecule has 100 valence electrons. The van der Waals surface area contributed by atoms with Gasteiger partial charge in [-0.05, 0) is 30.0 Å². The average molecular weight is 296 g/mol. The highest BCUT2D eigenvalue weighted by Crippen LogP contribution is 2.19. The molecule has 1 heterocycles. The Hall–Kier alpha value is -1.66. The number of aryl methyl sites for hydroxylation is 1. The van der Waals surface area contributed by atoms with Crippen molar-refractivity contribution in [3.8, 4) is 0 Å². The molecule has 1 N–H and O–H groups in total. The fourth-order valence-corrected chi connectivity index (χ4v) is 4.04. The van der Waals surface area contributed by atoms with E-state index in [1.807, 2.05) is 17.5 Å². The molecule has 0 atom stereocenters. The average Bonchev–Trinajstić information content (AvgIpc) is 2.89. The lowest BCUT2D eigenvalue weighted by atomic mass is 10.2. The Kier molecular flexibility index (Phi) is 4.01. The van der Waals surface area contributed by atoms with Gasteiger partial charge in [-0.25, -0.2) is 13.2 Å². The van der Waals surface area contributed by atoms with Crippen LogP contribution in [0.4, 0.5) is 0 Å². The predicted octanol–water partition coefficient (Wildman–Crippen LogP) is 2.46. The second-order valence-corrected chi connectivity index (χ2v) is 7.06. The maximum atomic E-state index is 12.2. The molecule has 0 aliphatic heterocycles. The van der Waals surface area contributed by atoms with E-state index in [-0.39, 0.29) is 16.2 Å². The Morgan fingerprint density at radius 1 is 1.16 bits per heavy atom. The lowest BCUT2D eigenvalue weighted by molar-refractivity contribution is 0.0692. The number of thiophene rings is 1. The minimum absolute atomic E-state index is 0.0855. The molecule has 0 bridgehead atoms.